The Bertz CT molecular complexity index is 990. The number of likely N-dealkylation sites (N-methyl/N-ethyl adjacent to an activating group) is 1. The molecule has 5 nitrogen and oxygen atoms in total. The molecule has 0 fully saturated rings. The van der Waals surface area contributed by atoms with Crippen molar-refractivity contribution in [3.8, 4) is 5.75 Å². The van der Waals surface area contributed by atoms with Crippen LogP contribution in [0, 0.1) is 13.8 Å². The summed E-state index contributed by atoms with van der Waals surface area (Å²) in [6, 6.07) is 11.8. The summed E-state index contributed by atoms with van der Waals surface area (Å²) in [5.41, 5.74) is 4.02. The van der Waals surface area contributed by atoms with Gasteiger partial charge < -0.3 is 9.64 Å². The van der Waals surface area contributed by atoms with Crippen molar-refractivity contribution in [1.82, 2.24) is 9.88 Å². The number of rotatable bonds is 10. The number of benzene rings is 2. The molecule has 1 aromatic heterocycles. The van der Waals surface area contributed by atoms with E-state index in [4.69, 9.17) is 9.72 Å². The number of hydrogen-bond acceptors (Lipinski definition) is 5. The Morgan fingerprint density at radius 1 is 1.06 bits per heavy atom. The molecule has 6 heteroatoms. The largest absolute Gasteiger partial charge is 0.494 e. The second kappa shape index (κ2) is 10.7. The minimum atomic E-state index is -0.0478. The van der Waals surface area contributed by atoms with E-state index in [9.17, 15) is 4.79 Å². The molecule has 0 saturated carbocycles. The average Bonchev–Trinajstić information content (AvgIpc) is 3.13. The first-order valence-electron chi connectivity index (χ1n) is 11.0. The number of nitrogens with zero attached hydrogens (tertiary/aromatic N) is 3. The zero-order valence-corrected chi connectivity index (χ0v) is 20.1. The highest BCUT2D eigenvalue weighted by molar-refractivity contribution is 7.22. The number of fused-ring (bicyclic) bond motifs is 1. The van der Waals surface area contributed by atoms with E-state index in [2.05, 4.69) is 37.8 Å². The number of unbranched alkanes of at least 4 members (excludes halogenated alkanes) is 2. The molecule has 0 aliphatic heterocycles. The van der Waals surface area contributed by atoms with Crippen molar-refractivity contribution in [1.29, 1.82) is 0 Å². The van der Waals surface area contributed by atoms with Gasteiger partial charge in [0.05, 0.1) is 16.8 Å². The molecule has 0 N–H and O–H groups in total. The highest BCUT2D eigenvalue weighted by atomic mass is 32.1. The summed E-state index contributed by atoms with van der Waals surface area (Å²) in [5, 5.41) is 0.737. The van der Waals surface area contributed by atoms with Crippen molar-refractivity contribution in [3.05, 3.63) is 53.1 Å². The molecule has 1 heterocycles. The number of aryl methyl sites for hydroxylation is 2. The van der Waals surface area contributed by atoms with Crippen molar-refractivity contribution in [3.63, 3.8) is 0 Å². The highest BCUT2D eigenvalue weighted by Gasteiger charge is 2.22. The molecule has 0 aliphatic carbocycles. The van der Waals surface area contributed by atoms with Crippen LogP contribution in [-0.4, -0.2) is 49.6 Å². The first-order valence-corrected chi connectivity index (χ1v) is 11.8. The summed E-state index contributed by atoms with van der Waals surface area (Å²) < 4.78 is 6.97. The van der Waals surface area contributed by atoms with E-state index in [-0.39, 0.29) is 5.91 Å². The Labute approximate surface area is 189 Å². The van der Waals surface area contributed by atoms with Gasteiger partial charge in [0.1, 0.15) is 5.75 Å². The standard InChI is InChI=1S/C25H33N3O2S/c1-6-7-8-14-30-21-11-9-10-20(17-21)24(29)28(13-12-27(4)5)25-26-22-15-18(2)19(3)16-23(22)31-25/h9-11,15-17H,6-8,12-14H2,1-5H3. The second-order valence-electron chi connectivity index (χ2n) is 8.24. The Morgan fingerprint density at radius 3 is 2.58 bits per heavy atom. The zero-order chi connectivity index (χ0) is 22.4. The Kier molecular flexibility index (Phi) is 8.04. The molecular formula is C25H33N3O2S. The van der Waals surface area contributed by atoms with Crippen LogP contribution in [0.25, 0.3) is 10.2 Å². The fraction of sp³-hybridized carbons (Fsp3) is 0.440. The molecular weight excluding hydrogens is 406 g/mol. The fourth-order valence-corrected chi connectivity index (χ4v) is 4.35. The number of anilines is 1. The summed E-state index contributed by atoms with van der Waals surface area (Å²) in [6.07, 6.45) is 3.32. The van der Waals surface area contributed by atoms with Crippen LogP contribution in [-0.2, 0) is 0 Å². The minimum Gasteiger partial charge on any atom is -0.494 e. The third-order valence-electron chi connectivity index (χ3n) is 5.34. The van der Waals surface area contributed by atoms with Gasteiger partial charge in [-0.1, -0.05) is 37.2 Å². The van der Waals surface area contributed by atoms with Crippen molar-refractivity contribution < 1.29 is 9.53 Å². The summed E-state index contributed by atoms with van der Waals surface area (Å²) in [7, 11) is 4.02. The average molecular weight is 440 g/mol. The lowest BCUT2D eigenvalue weighted by atomic mass is 10.1. The highest BCUT2D eigenvalue weighted by Crippen LogP contribution is 2.32. The van der Waals surface area contributed by atoms with Crippen molar-refractivity contribution in [2.24, 2.45) is 0 Å². The predicted octanol–water partition coefficient (Wildman–Crippen LogP) is 5.69. The van der Waals surface area contributed by atoms with Crippen LogP contribution in [0.1, 0.15) is 47.7 Å². The minimum absolute atomic E-state index is 0.0478. The van der Waals surface area contributed by atoms with Gasteiger partial charge in [0.2, 0.25) is 0 Å². The van der Waals surface area contributed by atoms with Crippen LogP contribution in [0.5, 0.6) is 5.75 Å². The van der Waals surface area contributed by atoms with E-state index in [0.717, 1.165) is 46.9 Å². The quantitative estimate of drug-likeness (QED) is 0.381. The van der Waals surface area contributed by atoms with Gasteiger partial charge in [-0.05, 0) is 75.8 Å². The van der Waals surface area contributed by atoms with Gasteiger partial charge in [0.25, 0.3) is 5.91 Å². The van der Waals surface area contributed by atoms with Crippen LogP contribution in [0.15, 0.2) is 36.4 Å². The number of hydrogen-bond donors (Lipinski definition) is 0. The third kappa shape index (κ3) is 6.05. The number of amides is 1. The Balaban J connectivity index is 1.87. The Morgan fingerprint density at radius 2 is 1.84 bits per heavy atom. The number of ether oxygens (including phenoxy) is 1. The molecule has 0 unspecified atom stereocenters. The SMILES string of the molecule is CCCCCOc1cccc(C(=O)N(CCN(C)C)c2nc3cc(C)c(C)cc3s2)c1. The fourth-order valence-electron chi connectivity index (χ4n) is 3.28. The molecule has 0 bridgehead atoms. The molecule has 0 saturated heterocycles. The van der Waals surface area contributed by atoms with Gasteiger partial charge >= 0.3 is 0 Å². The summed E-state index contributed by atoms with van der Waals surface area (Å²) in [5.74, 6) is 0.693. The van der Waals surface area contributed by atoms with Gasteiger partial charge in [0, 0.05) is 18.7 Å². The lowest BCUT2D eigenvalue weighted by Crippen LogP contribution is -2.36. The number of carbonyl (C=O) groups excluding carboxylic acids is 1. The molecule has 0 aliphatic rings. The van der Waals surface area contributed by atoms with Crippen molar-refractivity contribution in [2.45, 2.75) is 40.0 Å². The first kappa shape index (κ1) is 23.2. The van der Waals surface area contributed by atoms with Crippen molar-refractivity contribution in [2.75, 3.05) is 38.7 Å². The summed E-state index contributed by atoms with van der Waals surface area (Å²) in [4.78, 5) is 22.2. The lowest BCUT2D eigenvalue weighted by Gasteiger charge is -2.22. The van der Waals surface area contributed by atoms with E-state index in [1.165, 1.54) is 11.1 Å². The van der Waals surface area contributed by atoms with E-state index in [1.54, 1.807) is 16.2 Å². The van der Waals surface area contributed by atoms with Gasteiger partial charge in [-0.3, -0.25) is 9.69 Å². The first-order chi connectivity index (χ1) is 14.9. The van der Waals surface area contributed by atoms with E-state index >= 15 is 0 Å². The molecule has 0 radical (unpaired) electrons. The third-order valence-corrected chi connectivity index (χ3v) is 6.38. The van der Waals surface area contributed by atoms with Gasteiger partial charge in [-0.15, -0.1) is 0 Å². The Hall–Kier alpha value is -2.44. The zero-order valence-electron chi connectivity index (χ0n) is 19.3. The number of thiazole rings is 1. The van der Waals surface area contributed by atoms with Gasteiger partial charge in [-0.2, -0.15) is 0 Å². The second-order valence-corrected chi connectivity index (χ2v) is 9.25. The molecule has 3 aromatic rings. The lowest BCUT2D eigenvalue weighted by molar-refractivity contribution is 0.0984. The number of carbonyl (C=O) groups is 1. The summed E-state index contributed by atoms with van der Waals surface area (Å²) in [6.45, 7) is 8.38. The smallest absolute Gasteiger partial charge is 0.260 e. The molecule has 0 atom stereocenters. The molecule has 2 aromatic carbocycles. The molecule has 31 heavy (non-hydrogen) atoms. The van der Waals surface area contributed by atoms with E-state index < -0.39 is 0 Å². The van der Waals surface area contributed by atoms with Crippen LogP contribution in [0.3, 0.4) is 0 Å². The van der Waals surface area contributed by atoms with Crippen LogP contribution < -0.4 is 9.64 Å². The van der Waals surface area contributed by atoms with E-state index in [0.29, 0.717) is 18.7 Å². The van der Waals surface area contributed by atoms with Crippen LogP contribution in [0.4, 0.5) is 5.13 Å². The monoisotopic (exact) mass is 439 g/mol. The van der Waals surface area contributed by atoms with Crippen LogP contribution in [0.2, 0.25) is 0 Å². The van der Waals surface area contributed by atoms with Gasteiger partial charge in [-0.25, -0.2) is 4.98 Å². The number of aromatic nitrogens is 1. The molecule has 3 rings (SSSR count). The van der Waals surface area contributed by atoms with E-state index in [1.807, 2.05) is 38.4 Å². The molecule has 166 valence electrons. The van der Waals surface area contributed by atoms with Crippen LogP contribution >= 0.6 is 11.3 Å². The topological polar surface area (TPSA) is 45.7 Å². The predicted molar refractivity (Wildman–Crippen MR) is 131 cm³/mol. The summed E-state index contributed by atoms with van der Waals surface area (Å²) >= 11 is 1.57. The molecule has 1 amide bonds. The maximum atomic E-state index is 13.5. The molecule has 0 spiro atoms. The maximum absolute atomic E-state index is 13.5. The maximum Gasteiger partial charge on any atom is 0.260 e. The van der Waals surface area contributed by atoms with Gasteiger partial charge in [0.15, 0.2) is 5.13 Å². The normalized spacial score (nSPS) is 11.3. The van der Waals surface area contributed by atoms with Crippen molar-refractivity contribution >= 4 is 32.6 Å².